The Labute approximate surface area is 79.0 Å². The predicted molar refractivity (Wildman–Crippen MR) is 50.6 cm³/mol. The second kappa shape index (κ2) is 5.80. The third kappa shape index (κ3) is 4.12. The lowest BCUT2D eigenvalue weighted by atomic mass is 9.95. The highest BCUT2D eigenvalue weighted by molar-refractivity contribution is 5.66. The third-order valence-corrected chi connectivity index (χ3v) is 2.47. The molecule has 1 saturated heterocycles. The van der Waals surface area contributed by atoms with Gasteiger partial charge in [0, 0.05) is 6.54 Å². The molecule has 0 radical (unpaired) electrons. The summed E-state index contributed by atoms with van der Waals surface area (Å²) in [5.41, 5.74) is 0. The lowest BCUT2D eigenvalue weighted by Gasteiger charge is -2.22. The number of carbonyl (C=O) groups is 1. The van der Waals surface area contributed by atoms with E-state index < -0.39 is 0 Å². The van der Waals surface area contributed by atoms with E-state index in [9.17, 15) is 4.79 Å². The molecule has 1 aliphatic heterocycles. The number of amides is 1. The van der Waals surface area contributed by atoms with Gasteiger partial charge < -0.3 is 15.4 Å². The van der Waals surface area contributed by atoms with Crippen LogP contribution in [0.4, 0.5) is 4.79 Å². The van der Waals surface area contributed by atoms with Gasteiger partial charge in [0.2, 0.25) is 0 Å². The molecule has 0 aromatic rings. The number of hydrogen-bond acceptors (Lipinski definition) is 3. The van der Waals surface area contributed by atoms with Crippen molar-refractivity contribution >= 4 is 6.09 Å². The Hall–Kier alpha value is -0.770. The topological polar surface area (TPSA) is 50.4 Å². The van der Waals surface area contributed by atoms with E-state index in [4.69, 9.17) is 0 Å². The van der Waals surface area contributed by atoms with Crippen LogP contribution in [0, 0.1) is 5.92 Å². The smallest absolute Gasteiger partial charge is 0.406 e. The molecule has 0 aromatic carbocycles. The molecular formula is C9H18N2O2. The summed E-state index contributed by atoms with van der Waals surface area (Å²) in [5.74, 6) is 0.762. The van der Waals surface area contributed by atoms with Crippen LogP contribution in [0.3, 0.4) is 0 Å². The Morgan fingerprint density at radius 3 is 2.85 bits per heavy atom. The van der Waals surface area contributed by atoms with Gasteiger partial charge in [-0.05, 0) is 38.3 Å². The van der Waals surface area contributed by atoms with Gasteiger partial charge in [0.05, 0.1) is 7.11 Å². The fourth-order valence-electron chi connectivity index (χ4n) is 1.62. The highest BCUT2D eigenvalue weighted by Gasteiger charge is 2.12. The number of rotatable bonds is 3. The van der Waals surface area contributed by atoms with Gasteiger partial charge in [0.1, 0.15) is 0 Å². The minimum absolute atomic E-state index is 0.325. The first-order chi connectivity index (χ1) is 6.33. The van der Waals surface area contributed by atoms with Gasteiger partial charge in [-0.25, -0.2) is 4.79 Å². The largest absolute Gasteiger partial charge is 0.453 e. The van der Waals surface area contributed by atoms with Crippen molar-refractivity contribution in [1.29, 1.82) is 0 Å². The van der Waals surface area contributed by atoms with Crippen LogP contribution in [0.1, 0.15) is 19.3 Å². The molecule has 1 heterocycles. The SMILES string of the molecule is COC(=O)NCCC1CCNCC1. The fourth-order valence-corrected chi connectivity index (χ4v) is 1.62. The Kier molecular flexibility index (Phi) is 4.60. The van der Waals surface area contributed by atoms with E-state index in [1.807, 2.05) is 0 Å². The Bertz CT molecular complexity index is 156. The second-order valence-electron chi connectivity index (χ2n) is 3.40. The predicted octanol–water partition coefficient (Wildman–Crippen LogP) is 0.732. The Morgan fingerprint density at radius 2 is 2.23 bits per heavy atom. The standard InChI is InChI=1S/C9H18N2O2/c1-13-9(12)11-7-4-8-2-5-10-6-3-8/h8,10H,2-7H2,1H3,(H,11,12). The van der Waals surface area contributed by atoms with E-state index in [2.05, 4.69) is 15.4 Å². The van der Waals surface area contributed by atoms with Crippen LogP contribution >= 0.6 is 0 Å². The molecule has 0 aromatic heterocycles. The molecule has 1 fully saturated rings. The number of ether oxygens (including phenoxy) is 1. The van der Waals surface area contributed by atoms with Crippen molar-refractivity contribution in [3.8, 4) is 0 Å². The van der Waals surface area contributed by atoms with E-state index in [-0.39, 0.29) is 6.09 Å². The molecule has 1 rings (SSSR count). The Balaban J connectivity index is 2.01. The van der Waals surface area contributed by atoms with Gasteiger partial charge in [0.25, 0.3) is 0 Å². The van der Waals surface area contributed by atoms with Crippen LogP contribution in [-0.2, 0) is 4.74 Å². The summed E-state index contributed by atoms with van der Waals surface area (Å²) in [4.78, 5) is 10.7. The first kappa shape index (κ1) is 10.3. The lowest BCUT2D eigenvalue weighted by Crippen LogP contribution is -2.31. The molecule has 76 valence electrons. The van der Waals surface area contributed by atoms with E-state index in [0.717, 1.165) is 32.0 Å². The van der Waals surface area contributed by atoms with Crippen LogP contribution in [0.2, 0.25) is 0 Å². The van der Waals surface area contributed by atoms with Crippen LogP contribution in [0.5, 0.6) is 0 Å². The molecule has 0 atom stereocenters. The van der Waals surface area contributed by atoms with Crippen molar-refractivity contribution in [2.45, 2.75) is 19.3 Å². The van der Waals surface area contributed by atoms with Crippen LogP contribution in [0.25, 0.3) is 0 Å². The average molecular weight is 186 g/mol. The number of alkyl carbamates (subject to hydrolysis) is 1. The van der Waals surface area contributed by atoms with Gasteiger partial charge in [-0.1, -0.05) is 0 Å². The van der Waals surface area contributed by atoms with Crippen molar-refractivity contribution in [2.24, 2.45) is 5.92 Å². The minimum atomic E-state index is -0.325. The van der Waals surface area contributed by atoms with Gasteiger partial charge in [-0.2, -0.15) is 0 Å². The zero-order chi connectivity index (χ0) is 9.52. The van der Waals surface area contributed by atoms with E-state index in [1.165, 1.54) is 20.0 Å². The molecule has 0 bridgehead atoms. The molecule has 1 aliphatic rings. The fraction of sp³-hybridized carbons (Fsp3) is 0.889. The highest BCUT2D eigenvalue weighted by Crippen LogP contribution is 2.14. The molecule has 2 N–H and O–H groups in total. The number of hydrogen-bond donors (Lipinski definition) is 2. The second-order valence-corrected chi connectivity index (χ2v) is 3.40. The van der Waals surface area contributed by atoms with Crippen LogP contribution < -0.4 is 10.6 Å². The first-order valence-corrected chi connectivity index (χ1v) is 4.85. The van der Waals surface area contributed by atoms with E-state index >= 15 is 0 Å². The molecule has 13 heavy (non-hydrogen) atoms. The molecule has 0 unspecified atom stereocenters. The number of nitrogens with one attached hydrogen (secondary N) is 2. The van der Waals surface area contributed by atoms with Crippen molar-refractivity contribution in [3.63, 3.8) is 0 Å². The maximum absolute atomic E-state index is 10.7. The summed E-state index contributed by atoms with van der Waals surface area (Å²) >= 11 is 0. The molecule has 0 aliphatic carbocycles. The van der Waals surface area contributed by atoms with Gasteiger partial charge in [-0.15, -0.1) is 0 Å². The first-order valence-electron chi connectivity index (χ1n) is 4.85. The quantitative estimate of drug-likeness (QED) is 0.683. The molecule has 0 saturated carbocycles. The summed E-state index contributed by atoms with van der Waals surface area (Å²) in [6, 6.07) is 0. The minimum Gasteiger partial charge on any atom is -0.453 e. The van der Waals surface area contributed by atoms with Crippen molar-refractivity contribution < 1.29 is 9.53 Å². The summed E-state index contributed by atoms with van der Waals surface area (Å²) in [5, 5.41) is 6.01. The maximum Gasteiger partial charge on any atom is 0.406 e. The Morgan fingerprint density at radius 1 is 1.54 bits per heavy atom. The summed E-state index contributed by atoms with van der Waals surface area (Å²) < 4.78 is 4.48. The molecule has 4 heteroatoms. The van der Waals surface area contributed by atoms with Gasteiger partial charge >= 0.3 is 6.09 Å². The van der Waals surface area contributed by atoms with Crippen molar-refractivity contribution in [1.82, 2.24) is 10.6 Å². The van der Waals surface area contributed by atoms with Crippen LogP contribution in [-0.4, -0.2) is 32.8 Å². The molecule has 4 nitrogen and oxygen atoms in total. The van der Waals surface area contributed by atoms with Gasteiger partial charge in [-0.3, -0.25) is 0 Å². The third-order valence-electron chi connectivity index (χ3n) is 2.47. The normalized spacial score (nSPS) is 18.2. The van der Waals surface area contributed by atoms with E-state index in [0.29, 0.717) is 0 Å². The maximum atomic E-state index is 10.7. The molecule has 0 spiro atoms. The lowest BCUT2D eigenvalue weighted by molar-refractivity contribution is 0.170. The van der Waals surface area contributed by atoms with Crippen molar-refractivity contribution in [2.75, 3.05) is 26.7 Å². The van der Waals surface area contributed by atoms with E-state index in [1.54, 1.807) is 0 Å². The van der Waals surface area contributed by atoms with Crippen molar-refractivity contribution in [3.05, 3.63) is 0 Å². The number of methoxy groups -OCH3 is 1. The van der Waals surface area contributed by atoms with Crippen LogP contribution in [0.15, 0.2) is 0 Å². The zero-order valence-electron chi connectivity index (χ0n) is 8.14. The highest BCUT2D eigenvalue weighted by atomic mass is 16.5. The zero-order valence-corrected chi connectivity index (χ0v) is 8.14. The monoisotopic (exact) mass is 186 g/mol. The average Bonchev–Trinajstić information content (AvgIpc) is 2.19. The summed E-state index contributed by atoms with van der Waals surface area (Å²) in [6.45, 7) is 2.96. The molecular weight excluding hydrogens is 168 g/mol. The number of piperidine rings is 1. The van der Waals surface area contributed by atoms with Gasteiger partial charge in [0.15, 0.2) is 0 Å². The summed E-state index contributed by atoms with van der Waals surface area (Å²) in [6.07, 6.45) is 3.19. The number of carbonyl (C=O) groups excluding carboxylic acids is 1. The molecule has 1 amide bonds. The summed E-state index contributed by atoms with van der Waals surface area (Å²) in [7, 11) is 1.39.